The highest BCUT2D eigenvalue weighted by molar-refractivity contribution is 7.89. The zero-order valence-corrected chi connectivity index (χ0v) is 19.0. The van der Waals surface area contributed by atoms with E-state index in [1.165, 1.54) is 4.31 Å². The van der Waals surface area contributed by atoms with Crippen LogP contribution in [0.25, 0.3) is 0 Å². The molecule has 0 radical (unpaired) electrons. The maximum Gasteiger partial charge on any atom is 0.243 e. The van der Waals surface area contributed by atoms with Crippen LogP contribution in [0, 0.1) is 12.3 Å². The van der Waals surface area contributed by atoms with E-state index in [0.29, 0.717) is 18.0 Å². The Kier molecular flexibility index (Phi) is 7.84. The topological polar surface area (TPSA) is 37.4 Å². The molecule has 0 spiro atoms. The van der Waals surface area contributed by atoms with Gasteiger partial charge in [-0.05, 0) is 36.6 Å². The molecule has 0 saturated heterocycles. The molecule has 0 fully saturated rings. The Balaban J connectivity index is 3.11. The fourth-order valence-corrected chi connectivity index (χ4v) is 4.26. The minimum atomic E-state index is -3.54. The summed E-state index contributed by atoms with van der Waals surface area (Å²) < 4.78 is 27.6. The lowest BCUT2D eigenvalue weighted by molar-refractivity contribution is 0.474. The maximum absolute atomic E-state index is 13.0. The molecule has 0 bridgehead atoms. The summed E-state index contributed by atoms with van der Waals surface area (Å²) >= 11 is 0. The summed E-state index contributed by atoms with van der Waals surface area (Å²) in [6.07, 6.45) is 5.74. The zero-order chi connectivity index (χ0) is 20.0. The predicted octanol–water partition coefficient (Wildman–Crippen LogP) is 5.18. The van der Waals surface area contributed by atoms with Crippen LogP contribution in [-0.2, 0) is 10.0 Å². The third-order valence-electron chi connectivity index (χ3n) is 3.51. The average Bonchev–Trinajstić information content (AvgIpc) is 2.47. The van der Waals surface area contributed by atoms with Crippen molar-refractivity contribution < 1.29 is 8.42 Å². The first-order chi connectivity index (χ1) is 11.8. The van der Waals surface area contributed by atoms with Crippen LogP contribution in [0.15, 0.2) is 58.8 Å². The molecule has 0 aliphatic carbocycles. The molecule has 0 aliphatic heterocycles. The fraction of sp³-hybridized carbons (Fsp3) is 0.476. The average molecular weight is 392 g/mol. The van der Waals surface area contributed by atoms with Crippen LogP contribution in [0.5, 0.6) is 0 Å². The first-order valence-electron chi connectivity index (χ1n) is 8.98. The van der Waals surface area contributed by atoms with E-state index in [4.69, 9.17) is 0 Å². The van der Waals surface area contributed by atoms with Crippen molar-refractivity contribution in [2.45, 2.75) is 52.2 Å². The Hall–Kier alpha value is -1.39. The van der Waals surface area contributed by atoms with Crippen LogP contribution in [0.1, 0.15) is 26.3 Å². The molecule has 0 heterocycles. The van der Waals surface area contributed by atoms with Gasteiger partial charge in [-0.25, -0.2) is 8.42 Å². The molecule has 0 aromatic heterocycles. The summed E-state index contributed by atoms with van der Waals surface area (Å²) in [4.78, 5) is 0.331. The summed E-state index contributed by atoms with van der Waals surface area (Å²) in [7, 11) is -4.91. The lowest BCUT2D eigenvalue weighted by Crippen LogP contribution is -2.32. The summed E-state index contributed by atoms with van der Waals surface area (Å²) in [6, 6.07) is 7.01. The first-order valence-corrected chi connectivity index (χ1v) is 14.0. The van der Waals surface area contributed by atoms with E-state index in [9.17, 15) is 8.42 Å². The Labute approximate surface area is 161 Å². The van der Waals surface area contributed by atoms with Crippen LogP contribution >= 0.6 is 0 Å². The minimum absolute atomic E-state index is 0.0227. The number of nitrogens with zero attached hydrogens (tertiary/aromatic N) is 1. The van der Waals surface area contributed by atoms with Crippen LogP contribution < -0.4 is 0 Å². The second kappa shape index (κ2) is 9.00. The molecule has 5 heteroatoms. The molecule has 144 valence electrons. The van der Waals surface area contributed by atoms with Crippen molar-refractivity contribution in [2.24, 2.45) is 5.41 Å². The van der Waals surface area contributed by atoms with Crippen molar-refractivity contribution >= 4 is 18.1 Å². The number of rotatable bonds is 7. The Morgan fingerprint density at radius 3 is 2.15 bits per heavy atom. The first kappa shape index (κ1) is 22.6. The standard InChI is InChI=1S/C21H33NO2SSi/c1-19-11-13-20(14-12-19)25(23,24)22(17-10-18-26(5,6)7)16-9-8-15-21(2,3)4/h9-15,18H,16-17H2,1-7H3/b18-10+. The molecular weight excluding hydrogens is 358 g/mol. The molecule has 0 saturated carbocycles. The molecule has 0 atom stereocenters. The van der Waals surface area contributed by atoms with Gasteiger partial charge in [0.1, 0.15) is 0 Å². The van der Waals surface area contributed by atoms with Crippen molar-refractivity contribution in [3.8, 4) is 0 Å². The summed E-state index contributed by atoms with van der Waals surface area (Å²) in [6.45, 7) is 15.6. The normalized spacial score (nSPS) is 13.1. The minimum Gasteiger partial charge on any atom is -0.207 e. The van der Waals surface area contributed by atoms with Crippen molar-refractivity contribution in [1.82, 2.24) is 4.31 Å². The van der Waals surface area contributed by atoms with E-state index >= 15 is 0 Å². The van der Waals surface area contributed by atoms with Gasteiger partial charge in [0.2, 0.25) is 10.0 Å². The van der Waals surface area contributed by atoms with Gasteiger partial charge in [-0.1, -0.05) is 69.9 Å². The van der Waals surface area contributed by atoms with Crippen LogP contribution in [0.3, 0.4) is 0 Å². The molecule has 0 amide bonds. The molecule has 1 rings (SSSR count). The van der Waals surface area contributed by atoms with Gasteiger partial charge in [0.25, 0.3) is 0 Å². The second-order valence-electron chi connectivity index (χ2n) is 8.78. The van der Waals surface area contributed by atoms with Gasteiger partial charge in [0.05, 0.1) is 13.0 Å². The number of hydrogen-bond acceptors (Lipinski definition) is 2. The van der Waals surface area contributed by atoms with Gasteiger partial charge in [-0.3, -0.25) is 0 Å². The monoisotopic (exact) mass is 391 g/mol. The quantitative estimate of drug-likeness (QED) is 0.474. The third kappa shape index (κ3) is 8.32. The number of sulfonamides is 1. The van der Waals surface area contributed by atoms with Gasteiger partial charge in [-0.15, -0.1) is 5.73 Å². The largest absolute Gasteiger partial charge is 0.243 e. The smallest absolute Gasteiger partial charge is 0.207 e. The highest BCUT2D eigenvalue weighted by atomic mass is 32.2. The SMILES string of the molecule is Cc1ccc(S(=O)(=O)N(CC=C=CC(C)(C)C)C/C=C/[Si](C)(C)C)cc1. The van der Waals surface area contributed by atoms with Crippen LogP contribution in [0.2, 0.25) is 19.6 Å². The van der Waals surface area contributed by atoms with Gasteiger partial charge in [-0.2, -0.15) is 4.31 Å². The van der Waals surface area contributed by atoms with E-state index in [1.807, 2.05) is 31.2 Å². The van der Waals surface area contributed by atoms with Gasteiger partial charge < -0.3 is 0 Å². The Bertz CT molecular complexity index is 773. The van der Waals surface area contributed by atoms with Crippen molar-refractivity contribution in [3.05, 3.63) is 59.5 Å². The van der Waals surface area contributed by atoms with Crippen molar-refractivity contribution in [1.29, 1.82) is 0 Å². The molecule has 1 aromatic rings. The summed E-state index contributed by atoms with van der Waals surface area (Å²) in [5.74, 6) is 0. The molecule has 3 nitrogen and oxygen atoms in total. The molecular formula is C21H33NO2SSi. The van der Waals surface area contributed by atoms with Gasteiger partial charge in [0, 0.05) is 13.1 Å². The highest BCUT2D eigenvalue weighted by Gasteiger charge is 2.22. The molecule has 0 N–H and O–H groups in total. The number of hydrogen-bond donors (Lipinski definition) is 0. The second-order valence-corrected chi connectivity index (χ2v) is 15.8. The number of benzene rings is 1. The van der Waals surface area contributed by atoms with Crippen LogP contribution in [0.4, 0.5) is 0 Å². The fourth-order valence-electron chi connectivity index (χ4n) is 2.12. The zero-order valence-electron chi connectivity index (χ0n) is 17.2. The van der Waals surface area contributed by atoms with Crippen LogP contribution in [-0.4, -0.2) is 33.9 Å². The molecule has 1 aromatic carbocycles. The van der Waals surface area contributed by atoms with E-state index in [1.54, 1.807) is 18.2 Å². The summed E-state index contributed by atoms with van der Waals surface area (Å²) in [5, 5.41) is 0. The Morgan fingerprint density at radius 2 is 1.65 bits per heavy atom. The van der Waals surface area contributed by atoms with Crippen molar-refractivity contribution in [2.75, 3.05) is 13.1 Å². The molecule has 0 aliphatic rings. The third-order valence-corrected chi connectivity index (χ3v) is 6.60. The van der Waals surface area contributed by atoms with E-state index in [-0.39, 0.29) is 5.41 Å². The molecule has 0 unspecified atom stereocenters. The predicted molar refractivity (Wildman–Crippen MR) is 115 cm³/mol. The maximum atomic E-state index is 13.0. The van der Waals surface area contributed by atoms with Crippen molar-refractivity contribution in [3.63, 3.8) is 0 Å². The lowest BCUT2D eigenvalue weighted by Gasteiger charge is -2.20. The summed E-state index contributed by atoms with van der Waals surface area (Å²) in [5.41, 5.74) is 6.37. The Morgan fingerprint density at radius 1 is 1.08 bits per heavy atom. The van der Waals surface area contributed by atoms with Gasteiger partial charge in [0.15, 0.2) is 0 Å². The lowest BCUT2D eigenvalue weighted by atomic mass is 9.97. The van der Waals surface area contributed by atoms with E-state index < -0.39 is 18.1 Å². The van der Waals surface area contributed by atoms with E-state index in [2.05, 4.69) is 51.8 Å². The van der Waals surface area contributed by atoms with Gasteiger partial charge >= 0.3 is 0 Å². The highest BCUT2D eigenvalue weighted by Crippen LogP contribution is 2.17. The van der Waals surface area contributed by atoms with E-state index in [0.717, 1.165) is 5.56 Å². The number of aryl methyl sites for hydroxylation is 1. The molecule has 26 heavy (non-hydrogen) atoms.